The third-order valence-electron chi connectivity index (χ3n) is 3.04. The summed E-state index contributed by atoms with van der Waals surface area (Å²) in [5, 5.41) is 5.81. The number of carbonyl (C=O) groups is 2. The van der Waals surface area contributed by atoms with Crippen LogP contribution in [0.5, 0.6) is 0 Å². The minimum atomic E-state index is -0.160. The number of benzene rings is 1. The zero-order valence-electron chi connectivity index (χ0n) is 11.1. The predicted octanol–water partition coefficient (Wildman–Crippen LogP) is -0.0123. The molecule has 1 aliphatic rings. The van der Waals surface area contributed by atoms with E-state index in [1.165, 1.54) is 0 Å². The van der Waals surface area contributed by atoms with Gasteiger partial charge < -0.3 is 10.6 Å². The summed E-state index contributed by atoms with van der Waals surface area (Å²) < 4.78 is 0. The van der Waals surface area contributed by atoms with E-state index < -0.39 is 0 Å². The van der Waals surface area contributed by atoms with Gasteiger partial charge in [0.2, 0.25) is 5.91 Å². The number of rotatable bonds is 3. The fourth-order valence-electron chi connectivity index (χ4n) is 1.92. The molecule has 1 aromatic carbocycles. The largest absolute Gasteiger partial charge is 0.364 e. The van der Waals surface area contributed by atoms with Gasteiger partial charge in [0.15, 0.2) is 5.11 Å². The molecule has 1 aliphatic heterocycles. The molecule has 2 amide bonds. The second-order valence-electron chi connectivity index (χ2n) is 4.43. The molecule has 0 unspecified atom stereocenters. The minimum Gasteiger partial charge on any atom is -0.364 e. The van der Waals surface area contributed by atoms with Crippen molar-refractivity contribution in [3.05, 3.63) is 34.9 Å². The SMILES string of the molecule is CNC(=S)NNC(=O)CCc1ccc2c(c1)C(=O)NC2. The number of hydrogen-bond donors (Lipinski definition) is 4. The Kier molecular flexibility index (Phi) is 4.52. The third-order valence-corrected chi connectivity index (χ3v) is 3.35. The molecule has 2 rings (SSSR count). The van der Waals surface area contributed by atoms with E-state index in [0.29, 0.717) is 30.1 Å². The van der Waals surface area contributed by atoms with Crippen LogP contribution in [0.25, 0.3) is 0 Å². The van der Waals surface area contributed by atoms with Crippen molar-refractivity contribution < 1.29 is 9.59 Å². The maximum Gasteiger partial charge on any atom is 0.251 e. The highest BCUT2D eigenvalue weighted by molar-refractivity contribution is 7.80. The average molecular weight is 292 g/mol. The Labute approximate surface area is 122 Å². The van der Waals surface area contributed by atoms with Gasteiger partial charge in [-0.25, -0.2) is 0 Å². The van der Waals surface area contributed by atoms with Crippen molar-refractivity contribution in [3.63, 3.8) is 0 Å². The number of hydrogen-bond acceptors (Lipinski definition) is 3. The quantitative estimate of drug-likeness (QED) is 0.465. The van der Waals surface area contributed by atoms with Gasteiger partial charge in [0, 0.05) is 25.6 Å². The molecule has 0 fully saturated rings. The molecule has 0 saturated heterocycles. The monoisotopic (exact) mass is 292 g/mol. The van der Waals surface area contributed by atoms with E-state index in [9.17, 15) is 9.59 Å². The molecule has 0 spiro atoms. The van der Waals surface area contributed by atoms with Crippen LogP contribution in [0.3, 0.4) is 0 Å². The summed E-state index contributed by atoms with van der Waals surface area (Å²) in [7, 11) is 1.66. The fourth-order valence-corrected chi connectivity index (χ4v) is 1.98. The van der Waals surface area contributed by atoms with Crippen LogP contribution in [0.15, 0.2) is 18.2 Å². The minimum absolute atomic E-state index is 0.0488. The number of hydrazine groups is 1. The Morgan fingerprint density at radius 2 is 2.20 bits per heavy atom. The molecule has 0 aromatic heterocycles. The van der Waals surface area contributed by atoms with Crippen molar-refractivity contribution in [2.75, 3.05) is 7.05 Å². The average Bonchev–Trinajstić information content (AvgIpc) is 2.83. The molecule has 106 valence electrons. The fraction of sp³-hybridized carbons (Fsp3) is 0.308. The van der Waals surface area contributed by atoms with Crippen LogP contribution in [0, 0.1) is 0 Å². The number of amides is 2. The molecule has 0 radical (unpaired) electrons. The summed E-state index contributed by atoms with van der Waals surface area (Å²) in [6.45, 7) is 0.584. The van der Waals surface area contributed by atoms with E-state index in [4.69, 9.17) is 12.2 Å². The summed E-state index contributed by atoms with van der Waals surface area (Å²) in [4.78, 5) is 23.1. The van der Waals surface area contributed by atoms with Gasteiger partial charge in [0.25, 0.3) is 5.91 Å². The van der Waals surface area contributed by atoms with Crippen molar-refractivity contribution in [2.24, 2.45) is 0 Å². The lowest BCUT2D eigenvalue weighted by atomic mass is 10.0. The number of fused-ring (bicyclic) bond motifs is 1. The van der Waals surface area contributed by atoms with Crippen LogP contribution < -0.4 is 21.5 Å². The van der Waals surface area contributed by atoms with Crippen LogP contribution >= 0.6 is 12.2 Å². The molecular weight excluding hydrogens is 276 g/mol. The highest BCUT2D eigenvalue weighted by Crippen LogP contribution is 2.17. The van der Waals surface area contributed by atoms with Gasteiger partial charge in [-0.05, 0) is 35.8 Å². The number of carbonyl (C=O) groups excluding carboxylic acids is 2. The highest BCUT2D eigenvalue weighted by Gasteiger charge is 2.18. The highest BCUT2D eigenvalue weighted by atomic mass is 32.1. The summed E-state index contributed by atoms with van der Waals surface area (Å²) in [6.07, 6.45) is 0.889. The lowest BCUT2D eigenvalue weighted by molar-refractivity contribution is -0.121. The first kappa shape index (κ1) is 14.3. The molecule has 0 aliphatic carbocycles. The predicted molar refractivity (Wildman–Crippen MR) is 78.9 cm³/mol. The van der Waals surface area contributed by atoms with Gasteiger partial charge in [0.05, 0.1) is 0 Å². The van der Waals surface area contributed by atoms with Crippen LogP contribution in [0.4, 0.5) is 0 Å². The van der Waals surface area contributed by atoms with Crippen molar-refractivity contribution in [1.29, 1.82) is 0 Å². The standard InChI is InChI=1S/C13H16N4O2S/c1-14-13(20)17-16-11(18)5-3-8-2-4-9-7-15-12(19)10(9)6-8/h2,4,6H,3,5,7H2,1H3,(H,15,19)(H,16,18)(H2,14,17,20). The zero-order valence-corrected chi connectivity index (χ0v) is 11.9. The van der Waals surface area contributed by atoms with Crippen molar-refractivity contribution in [1.82, 2.24) is 21.5 Å². The molecule has 4 N–H and O–H groups in total. The lowest BCUT2D eigenvalue weighted by Crippen LogP contribution is -2.45. The van der Waals surface area contributed by atoms with Crippen molar-refractivity contribution in [3.8, 4) is 0 Å². The topological polar surface area (TPSA) is 82.3 Å². The first-order valence-electron chi connectivity index (χ1n) is 6.26. The first-order chi connectivity index (χ1) is 9.60. The summed E-state index contributed by atoms with van der Waals surface area (Å²) in [6, 6.07) is 5.71. The van der Waals surface area contributed by atoms with Crippen molar-refractivity contribution in [2.45, 2.75) is 19.4 Å². The van der Waals surface area contributed by atoms with Gasteiger partial charge >= 0.3 is 0 Å². The van der Waals surface area contributed by atoms with Crippen LogP contribution in [-0.2, 0) is 17.8 Å². The lowest BCUT2D eigenvalue weighted by Gasteiger charge is -2.09. The molecule has 1 heterocycles. The van der Waals surface area contributed by atoms with Gasteiger partial charge in [-0.2, -0.15) is 0 Å². The molecule has 0 atom stereocenters. The number of thiocarbonyl (C=S) groups is 1. The van der Waals surface area contributed by atoms with Gasteiger partial charge in [-0.15, -0.1) is 0 Å². The number of aryl methyl sites for hydroxylation is 1. The molecule has 6 nitrogen and oxygen atoms in total. The van der Waals surface area contributed by atoms with E-state index >= 15 is 0 Å². The normalized spacial score (nSPS) is 12.3. The smallest absolute Gasteiger partial charge is 0.251 e. The van der Waals surface area contributed by atoms with Gasteiger partial charge in [-0.3, -0.25) is 20.4 Å². The van der Waals surface area contributed by atoms with E-state index in [2.05, 4.69) is 21.5 Å². The molecule has 1 aromatic rings. The third kappa shape index (κ3) is 3.45. The van der Waals surface area contributed by atoms with E-state index in [-0.39, 0.29) is 11.8 Å². The van der Waals surface area contributed by atoms with Gasteiger partial charge in [-0.1, -0.05) is 12.1 Å². The Bertz CT molecular complexity index is 559. The molecule has 0 bridgehead atoms. The Hall–Kier alpha value is -2.15. The van der Waals surface area contributed by atoms with E-state index in [1.54, 1.807) is 7.05 Å². The first-order valence-corrected chi connectivity index (χ1v) is 6.67. The Morgan fingerprint density at radius 1 is 1.40 bits per heavy atom. The molecule has 0 saturated carbocycles. The molecular formula is C13H16N4O2S. The van der Waals surface area contributed by atoms with Crippen LogP contribution in [0.2, 0.25) is 0 Å². The Morgan fingerprint density at radius 3 is 2.95 bits per heavy atom. The van der Waals surface area contributed by atoms with Crippen LogP contribution in [-0.4, -0.2) is 24.0 Å². The maximum absolute atomic E-state index is 11.6. The Balaban J connectivity index is 1.85. The van der Waals surface area contributed by atoms with Crippen LogP contribution in [0.1, 0.15) is 27.9 Å². The zero-order chi connectivity index (χ0) is 14.5. The van der Waals surface area contributed by atoms with Crippen molar-refractivity contribution >= 4 is 29.1 Å². The molecule has 20 heavy (non-hydrogen) atoms. The number of nitrogens with one attached hydrogen (secondary N) is 4. The second kappa shape index (κ2) is 6.33. The molecule has 7 heteroatoms. The maximum atomic E-state index is 11.6. The van der Waals surface area contributed by atoms with E-state index in [0.717, 1.165) is 11.1 Å². The summed E-state index contributed by atoms with van der Waals surface area (Å²) in [5.41, 5.74) is 7.74. The summed E-state index contributed by atoms with van der Waals surface area (Å²) >= 11 is 4.84. The second-order valence-corrected chi connectivity index (χ2v) is 4.83. The van der Waals surface area contributed by atoms with Gasteiger partial charge in [0.1, 0.15) is 0 Å². The van der Waals surface area contributed by atoms with E-state index in [1.807, 2.05) is 18.2 Å². The summed E-state index contributed by atoms with van der Waals surface area (Å²) in [5.74, 6) is -0.208.